The molecule has 0 bridgehead atoms. The lowest BCUT2D eigenvalue weighted by Gasteiger charge is -2.33. The minimum atomic E-state index is -4.15. The van der Waals surface area contributed by atoms with Crippen molar-refractivity contribution in [3.63, 3.8) is 0 Å². The van der Waals surface area contributed by atoms with E-state index in [0.717, 1.165) is 16.3 Å². The van der Waals surface area contributed by atoms with E-state index in [9.17, 15) is 18.0 Å². The maximum absolute atomic E-state index is 14.1. The molecule has 10 heteroatoms. The third-order valence-electron chi connectivity index (χ3n) is 6.61. The van der Waals surface area contributed by atoms with Gasteiger partial charge >= 0.3 is 0 Å². The first-order valence-electron chi connectivity index (χ1n) is 13.2. The van der Waals surface area contributed by atoms with Crippen molar-refractivity contribution < 1.29 is 22.7 Å². The highest BCUT2D eigenvalue weighted by molar-refractivity contribution is 7.92. The molecule has 40 heavy (non-hydrogen) atoms. The molecule has 0 spiro atoms. The Morgan fingerprint density at radius 2 is 1.62 bits per heavy atom. The van der Waals surface area contributed by atoms with E-state index in [2.05, 4.69) is 5.32 Å². The van der Waals surface area contributed by atoms with Gasteiger partial charge in [0.25, 0.3) is 10.0 Å². The molecule has 0 heterocycles. The molecule has 2 atom stereocenters. The van der Waals surface area contributed by atoms with Crippen LogP contribution in [0.2, 0.25) is 5.02 Å². The highest BCUT2D eigenvalue weighted by Crippen LogP contribution is 2.27. The van der Waals surface area contributed by atoms with Crippen LogP contribution in [0.4, 0.5) is 5.69 Å². The predicted molar refractivity (Wildman–Crippen MR) is 158 cm³/mol. The monoisotopic (exact) mass is 585 g/mol. The number of nitrogens with zero attached hydrogens (tertiary/aromatic N) is 2. The Hall–Kier alpha value is -3.56. The van der Waals surface area contributed by atoms with E-state index >= 15 is 0 Å². The lowest BCUT2D eigenvalue weighted by atomic mass is 10.1. The Kier molecular flexibility index (Phi) is 11.0. The van der Waals surface area contributed by atoms with Gasteiger partial charge in [-0.25, -0.2) is 8.42 Å². The number of carbonyl (C=O) groups excluding carboxylic acids is 2. The first-order valence-corrected chi connectivity index (χ1v) is 15.0. The number of carbonyl (C=O) groups is 2. The number of benzene rings is 3. The molecular formula is C30H36ClN3O5S. The van der Waals surface area contributed by atoms with Crippen LogP contribution < -0.4 is 14.4 Å². The van der Waals surface area contributed by atoms with Gasteiger partial charge in [-0.05, 0) is 67.8 Å². The Morgan fingerprint density at radius 3 is 2.20 bits per heavy atom. The molecule has 0 aliphatic carbocycles. The summed E-state index contributed by atoms with van der Waals surface area (Å²) in [4.78, 5) is 28.9. The minimum Gasteiger partial charge on any atom is -0.497 e. The van der Waals surface area contributed by atoms with Gasteiger partial charge in [-0.1, -0.05) is 61.8 Å². The van der Waals surface area contributed by atoms with Gasteiger partial charge in [0, 0.05) is 17.6 Å². The maximum atomic E-state index is 14.1. The van der Waals surface area contributed by atoms with Crippen LogP contribution in [0.5, 0.6) is 5.75 Å². The summed E-state index contributed by atoms with van der Waals surface area (Å²) < 4.78 is 33.9. The van der Waals surface area contributed by atoms with Crippen LogP contribution >= 0.6 is 11.6 Å². The van der Waals surface area contributed by atoms with Gasteiger partial charge in [0.1, 0.15) is 18.3 Å². The molecule has 0 saturated heterocycles. The number of hydrogen-bond donors (Lipinski definition) is 1. The second-order valence-corrected chi connectivity index (χ2v) is 11.7. The number of hydrogen-bond acceptors (Lipinski definition) is 5. The largest absolute Gasteiger partial charge is 0.497 e. The smallest absolute Gasteiger partial charge is 0.264 e. The van der Waals surface area contributed by atoms with E-state index in [1.807, 2.05) is 32.9 Å². The van der Waals surface area contributed by atoms with Crippen LogP contribution in [0.3, 0.4) is 0 Å². The number of ether oxygens (including phenoxy) is 1. The van der Waals surface area contributed by atoms with Gasteiger partial charge < -0.3 is 15.0 Å². The molecule has 0 radical (unpaired) electrons. The highest BCUT2D eigenvalue weighted by atomic mass is 35.5. The number of halogens is 1. The zero-order valence-corrected chi connectivity index (χ0v) is 24.8. The van der Waals surface area contributed by atoms with Gasteiger partial charge in [0.15, 0.2) is 0 Å². The lowest BCUT2D eigenvalue weighted by Crippen LogP contribution is -2.53. The van der Waals surface area contributed by atoms with Crippen molar-refractivity contribution in [2.45, 2.75) is 57.1 Å². The Morgan fingerprint density at radius 1 is 0.950 bits per heavy atom. The molecule has 0 aliphatic rings. The number of nitrogens with one attached hydrogen (secondary N) is 1. The third kappa shape index (κ3) is 7.76. The summed E-state index contributed by atoms with van der Waals surface area (Å²) in [7, 11) is -2.58. The standard InChI is InChI=1S/C30H36ClN3O5S/c1-5-22(3)32-30(36)28(6-2)33(20-23-15-17-26(39-4)18-16-23)29(35)21-34(25-12-10-11-24(31)19-25)40(37,38)27-13-8-7-9-14-27/h7-19,22,28H,5-6,20-21H2,1-4H3,(H,32,36). The maximum Gasteiger partial charge on any atom is 0.264 e. The molecule has 2 amide bonds. The van der Waals surface area contributed by atoms with E-state index in [1.54, 1.807) is 55.6 Å². The fourth-order valence-electron chi connectivity index (χ4n) is 4.17. The summed E-state index contributed by atoms with van der Waals surface area (Å²) in [6.45, 7) is 5.26. The minimum absolute atomic E-state index is 0.0334. The van der Waals surface area contributed by atoms with Gasteiger partial charge in [0.2, 0.25) is 11.8 Å². The molecule has 0 saturated carbocycles. The molecule has 3 aromatic rings. The first kappa shape index (κ1) is 31.0. The predicted octanol–water partition coefficient (Wildman–Crippen LogP) is 5.27. The second-order valence-electron chi connectivity index (χ2n) is 9.42. The quantitative estimate of drug-likeness (QED) is 0.295. The van der Waals surface area contributed by atoms with E-state index in [0.29, 0.717) is 17.2 Å². The van der Waals surface area contributed by atoms with Crippen molar-refractivity contribution in [2.24, 2.45) is 0 Å². The molecular weight excluding hydrogens is 550 g/mol. The van der Waals surface area contributed by atoms with Crippen LogP contribution in [0.25, 0.3) is 0 Å². The van der Waals surface area contributed by atoms with Gasteiger partial charge in [-0.3, -0.25) is 13.9 Å². The number of rotatable bonds is 13. The topological polar surface area (TPSA) is 96.0 Å². The van der Waals surface area contributed by atoms with Gasteiger partial charge in [0.05, 0.1) is 17.7 Å². The number of methoxy groups -OCH3 is 1. The van der Waals surface area contributed by atoms with Crippen molar-refractivity contribution in [3.8, 4) is 5.75 Å². The summed E-state index contributed by atoms with van der Waals surface area (Å²) in [6, 6.07) is 20.5. The average Bonchev–Trinajstić information content (AvgIpc) is 2.96. The van der Waals surface area contributed by atoms with Crippen molar-refractivity contribution in [3.05, 3.63) is 89.4 Å². The first-order chi connectivity index (χ1) is 19.1. The zero-order valence-electron chi connectivity index (χ0n) is 23.2. The fraction of sp³-hybridized carbons (Fsp3) is 0.333. The van der Waals surface area contributed by atoms with E-state index < -0.39 is 28.5 Å². The van der Waals surface area contributed by atoms with E-state index in [1.165, 1.54) is 23.1 Å². The molecule has 8 nitrogen and oxygen atoms in total. The SMILES string of the molecule is CCC(C)NC(=O)C(CC)N(Cc1ccc(OC)cc1)C(=O)CN(c1cccc(Cl)c1)S(=O)(=O)c1ccccc1. The van der Waals surface area contributed by atoms with Crippen molar-refractivity contribution in [1.29, 1.82) is 0 Å². The van der Waals surface area contributed by atoms with Crippen LogP contribution in [0.15, 0.2) is 83.8 Å². The Bertz CT molecular complexity index is 1380. The van der Waals surface area contributed by atoms with Crippen LogP contribution in [-0.4, -0.2) is 50.9 Å². The normalized spacial score (nSPS) is 12.7. The third-order valence-corrected chi connectivity index (χ3v) is 8.63. The van der Waals surface area contributed by atoms with Crippen molar-refractivity contribution in [2.75, 3.05) is 18.0 Å². The van der Waals surface area contributed by atoms with Crippen molar-refractivity contribution >= 4 is 39.1 Å². The summed E-state index contributed by atoms with van der Waals surface area (Å²) in [5.74, 6) is -0.162. The van der Waals surface area contributed by atoms with Crippen LogP contribution in [0.1, 0.15) is 39.2 Å². The van der Waals surface area contributed by atoms with Crippen LogP contribution in [0, 0.1) is 0 Å². The molecule has 0 aromatic heterocycles. The molecule has 0 aliphatic heterocycles. The van der Waals surface area contributed by atoms with Crippen molar-refractivity contribution in [1.82, 2.24) is 10.2 Å². The van der Waals surface area contributed by atoms with E-state index in [4.69, 9.17) is 16.3 Å². The average molecular weight is 586 g/mol. The Labute approximate surface area is 241 Å². The van der Waals surface area contributed by atoms with Crippen LogP contribution in [-0.2, 0) is 26.2 Å². The van der Waals surface area contributed by atoms with E-state index in [-0.39, 0.29) is 29.1 Å². The molecule has 3 aromatic carbocycles. The Balaban J connectivity index is 2.04. The number of anilines is 1. The fourth-order valence-corrected chi connectivity index (χ4v) is 5.78. The lowest BCUT2D eigenvalue weighted by molar-refractivity contribution is -0.140. The number of amides is 2. The highest BCUT2D eigenvalue weighted by Gasteiger charge is 2.34. The molecule has 3 rings (SSSR count). The zero-order chi connectivity index (χ0) is 29.3. The second kappa shape index (κ2) is 14.2. The van der Waals surface area contributed by atoms with Gasteiger partial charge in [-0.2, -0.15) is 0 Å². The molecule has 0 fully saturated rings. The summed E-state index contributed by atoms with van der Waals surface area (Å²) in [6.07, 6.45) is 1.07. The molecule has 2 unspecified atom stereocenters. The summed E-state index contributed by atoms with van der Waals surface area (Å²) in [5, 5.41) is 3.29. The number of sulfonamides is 1. The van der Waals surface area contributed by atoms with Gasteiger partial charge in [-0.15, -0.1) is 0 Å². The summed E-state index contributed by atoms with van der Waals surface area (Å²) in [5.41, 5.74) is 1.01. The summed E-state index contributed by atoms with van der Waals surface area (Å²) >= 11 is 6.21. The molecule has 1 N–H and O–H groups in total. The molecule has 214 valence electrons.